The summed E-state index contributed by atoms with van der Waals surface area (Å²) >= 11 is 7.59. The number of rotatable bonds is 8. The van der Waals surface area contributed by atoms with E-state index < -0.39 is 23.1 Å². The Labute approximate surface area is 225 Å². The maximum Gasteiger partial charge on any atom is 0.307 e. The maximum absolute atomic E-state index is 13.4. The molecule has 0 fully saturated rings. The number of hydrogen-bond donors (Lipinski definition) is 3. The number of benzene rings is 3. The summed E-state index contributed by atoms with van der Waals surface area (Å²) in [4.78, 5) is 38.7. The first-order valence-electron chi connectivity index (χ1n) is 11.9. The lowest BCUT2D eigenvalue weighted by Gasteiger charge is -2.24. The van der Waals surface area contributed by atoms with Gasteiger partial charge in [0.25, 0.3) is 0 Å². The zero-order valence-electron chi connectivity index (χ0n) is 20.2. The van der Waals surface area contributed by atoms with Crippen LogP contribution in [0.2, 0.25) is 5.02 Å². The second kappa shape index (κ2) is 12.1. The third kappa shape index (κ3) is 6.81. The van der Waals surface area contributed by atoms with Crippen molar-refractivity contribution in [3.8, 4) is 0 Å². The van der Waals surface area contributed by atoms with Crippen molar-refractivity contribution in [1.82, 2.24) is 0 Å². The van der Waals surface area contributed by atoms with Crippen LogP contribution in [-0.4, -0.2) is 22.9 Å². The summed E-state index contributed by atoms with van der Waals surface area (Å²) < 4.78 is 0. The molecule has 2 amide bonds. The van der Waals surface area contributed by atoms with Crippen LogP contribution < -0.4 is 10.6 Å². The van der Waals surface area contributed by atoms with Gasteiger partial charge in [0.05, 0.1) is 11.8 Å². The average molecular weight is 535 g/mol. The molecule has 0 saturated heterocycles. The van der Waals surface area contributed by atoms with E-state index in [0.717, 1.165) is 16.0 Å². The largest absolute Gasteiger partial charge is 0.481 e. The van der Waals surface area contributed by atoms with Gasteiger partial charge in [-0.15, -0.1) is 11.8 Å². The molecule has 4 rings (SSSR count). The molecule has 8 heteroatoms. The molecule has 0 aromatic heterocycles. The van der Waals surface area contributed by atoms with Crippen molar-refractivity contribution < 1.29 is 19.5 Å². The monoisotopic (exact) mass is 534 g/mol. The number of aliphatic carboxylic acids is 1. The number of thioether (sulfide) groups is 1. The van der Waals surface area contributed by atoms with Crippen molar-refractivity contribution >= 4 is 52.5 Å². The van der Waals surface area contributed by atoms with E-state index in [0.29, 0.717) is 29.2 Å². The highest BCUT2D eigenvalue weighted by molar-refractivity contribution is 8.00. The highest BCUT2D eigenvalue weighted by Gasteiger charge is 2.34. The summed E-state index contributed by atoms with van der Waals surface area (Å²) in [5, 5.41) is 15.3. The molecule has 0 aliphatic heterocycles. The molecule has 3 aromatic carbocycles. The van der Waals surface area contributed by atoms with Crippen molar-refractivity contribution in [3.05, 3.63) is 101 Å². The van der Waals surface area contributed by atoms with E-state index in [2.05, 4.69) is 10.6 Å². The number of halogens is 1. The number of aryl methyl sites for hydroxylation is 1. The Morgan fingerprint density at radius 3 is 2.30 bits per heavy atom. The normalized spacial score (nSPS) is 17.6. The van der Waals surface area contributed by atoms with Crippen LogP contribution in [0.15, 0.2) is 89.8 Å². The van der Waals surface area contributed by atoms with Crippen molar-refractivity contribution in [3.63, 3.8) is 0 Å². The second-order valence-corrected chi connectivity index (χ2v) is 10.5. The Morgan fingerprint density at radius 1 is 0.892 bits per heavy atom. The summed E-state index contributed by atoms with van der Waals surface area (Å²) in [6.45, 7) is 1.90. The number of amides is 2. The SMILES string of the molecule is Cc1ccc(NC(=O)C(Sc2cccc(NC(=O)C3CC=CCC3C(=O)O)c2)c2ccccc2)cc1Cl. The molecule has 1 aliphatic rings. The van der Waals surface area contributed by atoms with Crippen LogP contribution in [-0.2, 0) is 14.4 Å². The highest BCUT2D eigenvalue weighted by atomic mass is 35.5. The third-order valence-corrected chi connectivity index (χ3v) is 7.88. The smallest absolute Gasteiger partial charge is 0.307 e. The lowest BCUT2D eigenvalue weighted by molar-refractivity contribution is -0.146. The number of allylic oxidation sites excluding steroid dienone is 2. The molecular weight excluding hydrogens is 508 g/mol. The van der Waals surface area contributed by atoms with Crippen molar-refractivity contribution in [2.45, 2.75) is 29.9 Å². The Morgan fingerprint density at radius 2 is 1.59 bits per heavy atom. The predicted octanol–water partition coefficient (Wildman–Crippen LogP) is 6.73. The summed E-state index contributed by atoms with van der Waals surface area (Å²) in [6, 6.07) is 22.1. The van der Waals surface area contributed by atoms with Gasteiger partial charge in [-0.25, -0.2) is 0 Å². The van der Waals surface area contributed by atoms with Crippen LogP contribution in [0.25, 0.3) is 0 Å². The number of anilines is 2. The zero-order valence-corrected chi connectivity index (χ0v) is 21.8. The Bertz CT molecular complexity index is 1330. The van der Waals surface area contributed by atoms with Gasteiger partial charge in [0, 0.05) is 21.3 Å². The molecule has 0 radical (unpaired) electrons. The van der Waals surface area contributed by atoms with Crippen LogP contribution >= 0.6 is 23.4 Å². The highest BCUT2D eigenvalue weighted by Crippen LogP contribution is 2.38. The number of carbonyl (C=O) groups is 3. The van der Waals surface area contributed by atoms with Crippen LogP contribution in [0.5, 0.6) is 0 Å². The van der Waals surface area contributed by atoms with E-state index >= 15 is 0 Å². The van der Waals surface area contributed by atoms with Crippen LogP contribution in [0.4, 0.5) is 11.4 Å². The Balaban J connectivity index is 1.52. The molecular formula is C29H27ClN2O4S. The molecule has 0 spiro atoms. The minimum absolute atomic E-state index is 0.205. The van der Waals surface area contributed by atoms with Gasteiger partial charge in [-0.2, -0.15) is 0 Å². The van der Waals surface area contributed by atoms with Crippen LogP contribution in [0, 0.1) is 18.8 Å². The van der Waals surface area contributed by atoms with Gasteiger partial charge in [-0.3, -0.25) is 14.4 Å². The first kappa shape index (κ1) is 26.5. The van der Waals surface area contributed by atoms with E-state index in [9.17, 15) is 19.5 Å². The number of carboxylic acids is 1. The first-order valence-corrected chi connectivity index (χ1v) is 13.1. The molecule has 0 heterocycles. The molecule has 3 unspecified atom stereocenters. The van der Waals surface area contributed by atoms with Crippen molar-refractivity contribution in [1.29, 1.82) is 0 Å². The van der Waals surface area contributed by atoms with Crippen molar-refractivity contribution in [2.24, 2.45) is 11.8 Å². The summed E-state index contributed by atoms with van der Waals surface area (Å²) in [5.41, 5.74) is 2.91. The Kier molecular flexibility index (Phi) is 8.69. The molecule has 0 bridgehead atoms. The topological polar surface area (TPSA) is 95.5 Å². The zero-order chi connectivity index (χ0) is 26.4. The van der Waals surface area contributed by atoms with Crippen LogP contribution in [0.3, 0.4) is 0 Å². The standard InChI is InChI=1S/C29H27ClN2O4S/c1-18-14-15-21(17-25(18)30)32-28(34)26(19-8-3-2-4-9-19)37-22-11-7-10-20(16-22)31-27(33)23-12-5-6-13-24(23)29(35)36/h2-11,14-17,23-24,26H,12-13H2,1H3,(H,31,33)(H,32,34)(H,35,36). The summed E-state index contributed by atoms with van der Waals surface area (Å²) in [5.74, 6) is -2.89. The fourth-order valence-electron chi connectivity index (χ4n) is 4.17. The predicted molar refractivity (Wildman–Crippen MR) is 148 cm³/mol. The molecule has 3 N–H and O–H groups in total. The first-order chi connectivity index (χ1) is 17.8. The quantitative estimate of drug-likeness (QED) is 0.220. The van der Waals surface area contributed by atoms with Gasteiger partial charge in [0.15, 0.2) is 0 Å². The van der Waals surface area contributed by atoms with E-state index in [1.807, 2.05) is 61.5 Å². The fourth-order valence-corrected chi connectivity index (χ4v) is 5.44. The van der Waals surface area contributed by atoms with Gasteiger partial charge in [-0.05, 0) is 61.2 Å². The minimum Gasteiger partial charge on any atom is -0.481 e. The molecule has 6 nitrogen and oxygen atoms in total. The lowest BCUT2D eigenvalue weighted by Crippen LogP contribution is -2.34. The second-order valence-electron chi connectivity index (χ2n) is 8.87. The average Bonchev–Trinajstić information content (AvgIpc) is 2.90. The lowest BCUT2D eigenvalue weighted by atomic mass is 9.82. The molecule has 1 aliphatic carbocycles. The number of hydrogen-bond acceptors (Lipinski definition) is 4. The van der Waals surface area contributed by atoms with Gasteiger partial charge in [-0.1, -0.05) is 66.2 Å². The molecule has 3 atom stereocenters. The molecule has 190 valence electrons. The van der Waals surface area contributed by atoms with E-state index in [-0.39, 0.29) is 11.8 Å². The number of nitrogens with one attached hydrogen (secondary N) is 2. The van der Waals surface area contributed by atoms with E-state index in [1.54, 1.807) is 30.3 Å². The molecule has 3 aromatic rings. The van der Waals surface area contributed by atoms with E-state index in [4.69, 9.17) is 11.6 Å². The van der Waals surface area contributed by atoms with Gasteiger partial charge >= 0.3 is 5.97 Å². The van der Waals surface area contributed by atoms with Crippen LogP contribution in [0.1, 0.15) is 29.2 Å². The minimum atomic E-state index is -0.972. The van der Waals surface area contributed by atoms with Gasteiger partial charge < -0.3 is 15.7 Å². The third-order valence-electron chi connectivity index (χ3n) is 6.22. The summed E-state index contributed by atoms with van der Waals surface area (Å²) in [6.07, 6.45) is 4.37. The van der Waals surface area contributed by atoms with Crippen molar-refractivity contribution in [2.75, 3.05) is 10.6 Å². The maximum atomic E-state index is 13.4. The summed E-state index contributed by atoms with van der Waals surface area (Å²) in [7, 11) is 0. The molecule has 37 heavy (non-hydrogen) atoms. The number of carbonyl (C=O) groups excluding carboxylic acids is 2. The van der Waals surface area contributed by atoms with Gasteiger partial charge in [0.2, 0.25) is 11.8 Å². The van der Waals surface area contributed by atoms with Gasteiger partial charge in [0.1, 0.15) is 5.25 Å². The Hall–Kier alpha value is -3.55. The van der Waals surface area contributed by atoms with E-state index in [1.165, 1.54) is 11.8 Å². The number of carboxylic acid groups (broad SMARTS) is 1. The molecule has 0 saturated carbocycles. The fraction of sp³-hybridized carbons (Fsp3) is 0.207.